The molecule has 2 N–H and O–H groups in total. The van der Waals surface area contributed by atoms with Gasteiger partial charge < -0.3 is 10.2 Å². The van der Waals surface area contributed by atoms with Gasteiger partial charge >= 0.3 is 0 Å². The number of hydrogen-bond acceptors (Lipinski definition) is 2. The Morgan fingerprint density at radius 3 is 1.19 bits per heavy atom. The fourth-order valence-corrected chi connectivity index (χ4v) is 8.17. The summed E-state index contributed by atoms with van der Waals surface area (Å²) in [6, 6.07) is 0. The Bertz CT molecular complexity index is 348. The average Bonchev–Trinajstić information content (AvgIpc) is 2.77. The van der Waals surface area contributed by atoms with E-state index in [1.807, 2.05) is 0 Å². The normalized spacial score (nSPS) is 13.7. The minimum Gasteiger partial charge on any atom is -0.394 e. The van der Waals surface area contributed by atoms with Crippen molar-refractivity contribution in [3.63, 3.8) is 0 Å². The SMILES string of the molecule is CCCCCCCCCCCCCCCCCCCCCC[PH+](CC(C)C)CC(O)CO. The van der Waals surface area contributed by atoms with Crippen LogP contribution in [-0.4, -0.2) is 41.4 Å². The third kappa shape index (κ3) is 25.0. The number of hydrogen-bond donors (Lipinski definition) is 2. The molecule has 194 valence electrons. The zero-order valence-corrected chi connectivity index (χ0v) is 23.5. The summed E-state index contributed by atoms with van der Waals surface area (Å²) < 4.78 is 0. The molecule has 0 aliphatic carbocycles. The van der Waals surface area contributed by atoms with Crippen LogP contribution in [0, 0.1) is 5.92 Å². The molecule has 0 aromatic carbocycles. The molecule has 0 radical (unpaired) electrons. The summed E-state index contributed by atoms with van der Waals surface area (Å²) in [6.07, 6.45) is 31.7. The van der Waals surface area contributed by atoms with Gasteiger partial charge in [-0.15, -0.1) is 0 Å². The van der Waals surface area contributed by atoms with E-state index in [-0.39, 0.29) is 6.61 Å². The number of aliphatic hydroxyl groups is 2. The highest BCUT2D eigenvalue weighted by Gasteiger charge is 2.21. The smallest absolute Gasteiger partial charge is 0.110 e. The maximum atomic E-state index is 9.78. The zero-order chi connectivity index (χ0) is 23.7. The second-order valence-electron chi connectivity index (χ2n) is 10.9. The molecular formula is C29H62O2P+. The summed E-state index contributed by atoms with van der Waals surface area (Å²) in [5, 5.41) is 18.9. The van der Waals surface area contributed by atoms with E-state index >= 15 is 0 Å². The Morgan fingerprint density at radius 1 is 0.531 bits per heavy atom. The van der Waals surface area contributed by atoms with Crippen molar-refractivity contribution in [3.8, 4) is 0 Å². The van der Waals surface area contributed by atoms with E-state index in [9.17, 15) is 5.11 Å². The van der Waals surface area contributed by atoms with Gasteiger partial charge in [0.1, 0.15) is 6.10 Å². The summed E-state index contributed by atoms with van der Waals surface area (Å²) in [4.78, 5) is 0. The second-order valence-corrected chi connectivity index (χ2v) is 13.7. The van der Waals surface area contributed by atoms with Gasteiger partial charge in [-0.05, 0) is 18.8 Å². The lowest BCUT2D eigenvalue weighted by atomic mass is 10.0. The van der Waals surface area contributed by atoms with Crippen molar-refractivity contribution in [2.45, 2.75) is 155 Å². The van der Waals surface area contributed by atoms with Crippen LogP contribution in [0.15, 0.2) is 0 Å². The van der Waals surface area contributed by atoms with Crippen LogP contribution in [0.1, 0.15) is 149 Å². The van der Waals surface area contributed by atoms with Gasteiger partial charge in [0.25, 0.3) is 0 Å². The van der Waals surface area contributed by atoms with Crippen LogP contribution < -0.4 is 0 Å². The van der Waals surface area contributed by atoms with Crippen molar-refractivity contribution in [1.29, 1.82) is 0 Å². The molecule has 0 spiro atoms. The van der Waals surface area contributed by atoms with E-state index in [1.54, 1.807) is 0 Å². The average molecular weight is 474 g/mol. The van der Waals surface area contributed by atoms with E-state index in [0.717, 1.165) is 12.1 Å². The zero-order valence-electron chi connectivity index (χ0n) is 22.5. The first-order valence-corrected chi connectivity index (χ1v) is 16.8. The van der Waals surface area contributed by atoms with Gasteiger partial charge in [0.2, 0.25) is 0 Å². The summed E-state index contributed by atoms with van der Waals surface area (Å²) in [6.45, 7) is 6.80. The minimum atomic E-state index is -0.489. The van der Waals surface area contributed by atoms with Crippen LogP contribution in [-0.2, 0) is 0 Å². The monoisotopic (exact) mass is 473 g/mol. The van der Waals surface area contributed by atoms with E-state index in [0.29, 0.717) is 0 Å². The molecule has 2 atom stereocenters. The molecule has 2 unspecified atom stereocenters. The number of unbranched alkanes of at least 4 members (excludes halogenated alkanes) is 19. The molecule has 2 nitrogen and oxygen atoms in total. The largest absolute Gasteiger partial charge is 0.394 e. The molecule has 32 heavy (non-hydrogen) atoms. The highest BCUT2D eigenvalue weighted by atomic mass is 31.1. The van der Waals surface area contributed by atoms with Gasteiger partial charge in [0.15, 0.2) is 0 Å². The van der Waals surface area contributed by atoms with Crippen LogP contribution >= 0.6 is 7.92 Å². The standard InChI is InChI=1S/C29H61O2P/c1-4-5-6-7-8-9-10-11-12-13-14-15-16-17-18-19-20-21-22-23-24-32(26-28(2)3)27-29(31)25-30/h28-31H,4-27H2,1-3H3/p+1. The molecule has 0 saturated carbocycles. The fourth-order valence-electron chi connectivity index (χ4n) is 4.89. The predicted octanol–water partition coefficient (Wildman–Crippen LogP) is 9.03. The molecule has 0 amide bonds. The quantitative estimate of drug-likeness (QED) is 0.0971. The molecule has 0 aliphatic rings. The molecule has 0 aromatic rings. The lowest BCUT2D eigenvalue weighted by molar-refractivity contribution is 0.112. The third-order valence-corrected chi connectivity index (χ3v) is 10.3. The second kappa shape index (κ2) is 26.0. The summed E-state index contributed by atoms with van der Waals surface area (Å²) in [5.41, 5.74) is 0. The van der Waals surface area contributed by atoms with Crippen LogP contribution in [0.2, 0.25) is 0 Å². The van der Waals surface area contributed by atoms with E-state index in [2.05, 4.69) is 20.8 Å². The Morgan fingerprint density at radius 2 is 0.875 bits per heavy atom. The maximum absolute atomic E-state index is 9.78. The number of aliphatic hydroxyl groups excluding tert-OH is 2. The van der Waals surface area contributed by atoms with Crippen molar-refractivity contribution in [1.82, 2.24) is 0 Å². The van der Waals surface area contributed by atoms with Gasteiger partial charge in [-0.1, -0.05) is 136 Å². The molecule has 0 rings (SSSR count). The van der Waals surface area contributed by atoms with Crippen molar-refractivity contribution in [3.05, 3.63) is 0 Å². The maximum Gasteiger partial charge on any atom is 0.110 e. The Kier molecular flexibility index (Phi) is 26.2. The minimum absolute atomic E-state index is 0.0640. The molecule has 3 heteroatoms. The predicted molar refractivity (Wildman–Crippen MR) is 149 cm³/mol. The van der Waals surface area contributed by atoms with Crippen molar-refractivity contribution in [2.75, 3.05) is 25.1 Å². The highest BCUT2D eigenvalue weighted by molar-refractivity contribution is 7.57. The molecular weight excluding hydrogens is 411 g/mol. The topological polar surface area (TPSA) is 40.5 Å². The first-order valence-electron chi connectivity index (χ1n) is 14.7. The van der Waals surface area contributed by atoms with Gasteiger partial charge in [0, 0.05) is 7.92 Å². The van der Waals surface area contributed by atoms with Crippen molar-refractivity contribution in [2.24, 2.45) is 5.92 Å². The van der Waals surface area contributed by atoms with E-state index in [4.69, 9.17) is 5.11 Å². The van der Waals surface area contributed by atoms with Crippen molar-refractivity contribution >= 4 is 7.92 Å². The Hall–Kier alpha value is 0.350. The third-order valence-electron chi connectivity index (χ3n) is 6.82. The lowest BCUT2D eigenvalue weighted by Crippen LogP contribution is -2.18. The summed E-state index contributed by atoms with van der Waals surface area (Å²) in [5.74, 6) is 0.722. The molecule has 0 fully saturated rings. The lowest BCUT2D eigenvalue weighted by Gasteiger charge is -2.15. The molecule has 0 saturated heterocycles. The van der Waals surface area contributed by atoms with Gasteiger partial charge in [0.05, 0.1) is 25.1 Å². The van der Waals surface area contributed by atoms with Gasteiger partial charge in [-0.3, -0.25) is 0 Å². The molecule has 0 bridgehead atoms. The Labute approximate surface area is 204 Å². The van der Waals surface area contributed by atoms with E-state index in [1.165, 1.54) is 141 Å². The fraction of sp³-hybridized carbons (Fsp3) is 1.00. The van der Waals surface area contributed by atoms with Crippen LogP contribution in [0.4, 0.5) is 0 Å². The first kappa shape index (κ1) is 32.4. The van der Waals surface area contributed by atoms with E-state index < -0.39 is 14.0 Å². The highest BCUT2D eigenvalue weighted by Crippen LogP contribution is 2.39. The van der Waals surface area contributed by atoms with Gasteiger partial charge in [-0.2, -0.15) is 0 Å². The van der Waals surface area contributed by atoms with Crippen LogP contribution in [0.5, 0.6) is 0 Å². The first-order chi connectivity index (χ1) is 15.6. The summed E-state index contributed by atoms with van der Waals surface area (Å²) >= 11 is 0. The Balaban J connectivity index is 3.30. The number of rotatable bonds is 26. The van der Waals surface area contributed by atoms with Crippen LogP contribution in [0.3, 0.4) is 0 Å². The molecule has 0 aromatic heterocycles. The van der Waals surface area contributed by atoms with Crippen LogP contribution in [0.25, 0.3) is 0 Å². The van der Waals surface area contributed by atoms with Crippen molar-refractivity contribution < 1.29 is 10.2 Å². The molecule has 0 aliphatic heterocycles. The summed E-state index contributed by atoms with van der Waals surface area (Å²) in [7, 11) is -0.489. The van der Waals surface area contributed by atoms with Gasteiger partial charge in [-0.25, -0.2) is 0 Å². The molecule has 0 heterocycles.